The van der Waals surface area contributed by atoms with Crippen molar-refractivity contribution in [3.63, 3.8) is 0 Å². The molecule has 3 nitrogen and oxygen atoms in total. The maximum absolute atomic E-state index is 11.7. The molecular formula is C18H21NO2. The summed E-state index contributed by atoms with van der Waals surface area (Å²) < 4.78 is 0. The number of amides is 1. The molecule has 110 valence electrons. The minimum absolute atomic E-state index is 0.0497. The van der Waals surface area contributed by atoms with Gasteiger partial charge in [-0.2, -0.15) is 0 Å². The highest BCUT2D eigenvalue weighted by Gasteiger charge is 2.17. The summed E-state index contributed by atoms with van der Waals surface area (Å²) in [5.41, 5.74) is 1.54. The number of hydrogen-bond donors (Lipinski definition) is 1. The number of hydrogen-bond acceptors (Lipinski definition) is 2. The van der Waals surface area contributed by atoms with Gasteiger partial charge in [0.2, 0.25) is 5.91 Å². The third-order valence-corrected chi connectivity index (χ3v) is 3.85. The van der Waals surface area contributed by atoms with Crippen molar-refractivity contribution < 1.29 is 9.59 Å². The Hall–Kier alpha value is -2.08. The third kappa shape index (κ3) is 5.07. The minimum atomic E-state index is 0.0497. The van der Waals surface area contributed by atoms with E-state index in [-0.39, 0.29) is 11.7 Å². The summed E-state index contributed by atoms with van der Waals surface area (Å²) in [7, 11) is 0. The Morgan fingerprint density at radius 1 is 1.19 bits per heavy atom. The zero-order valence-corrected chi connectivity index (χ0v) is 12.4. The molecule has 1 fully saturated rings. The number of carbonyl (C=O) groups excluding carboxylic acids is 2. The third-order valence-electron chi connectivity index (χ3n) is 3.85. The number of Topliss-reactive ketones (excluding diaryl/α,β-unsaturated/α-hetero) is 1. The van der Waals surface area contributed by atoms with Crippen molar-refractivity contribution >= 4 is 11.7 Å². The zero-order chi connectivity index (χ0) is 15.1. The standard InChI is InChI=1S/C18H21NO2/c1-14(20)17-10-8-15(9-11-17)7-4-12-19-18(21)13-16-5-2-3-6-16/h8-11,16H,2-3,5-6,12-13H2,1H3,(H,19,21). The quantitative estimate of drug-likeness (QED) is 0.682. The van der Waals surface area contributed by atoms with Gasteiger partial charge in [0.05, 0.1) is 6.54 Å². The summed E-state index contributed by atoms with van der Waals surface area (Å²) in [4.78, 5) is 22.9. The SMILES string of the molecule is CC(=O)c1ccc(C#CCNC(=O)CC2CCCC2)cc1. The van der Waals surface area contributed by atoms with Crippen molar-refractivity contribution in [2.45, 2.75) is 39.0 Å². The zero-order valence-electron chi connectivity index (χ0n) is 12.4. The van der Waals surface area contributed by atoms with Gasteiger partial charge in [-0.1, -0.05) is 36.8 Å². The van der Waals surface area contributed by atoms with Gasteiger partial charge in [-0.15, -0.1) is 0 Å². The van der Waals surface area contributed by atoms with Crippen molar-refractivity contribution in [1.82, 2.24) is 5.32 Å². The van der Waals surface area contributed by atoms with Crippen LogP contribution in [-0.2, 0) is 4.79 Å². The smallest absolute Gasteiger partial charge is 0.221 e. The van der Waals surface area contributed by atoms with Crippen molar-refractivity contribution in [2.24, 2.45) is 5.92 Å². The summed E-state index contributed by atoms with van der Waals surface area (Å²) >= 11 is 0. The largest absolute Gasteiger partial charge is 0.345 e. The van der Waals surface area contributed by atoms with Crippen LogP contribution in [0.25, 0.3) is 0 Å². The predicted octanol–water partition coefficient (Wildman–Crippen LogP) is 2.94. The topological polar surface area (TPSA) is 46.2 Å². The lowest BCUT2D eigenvalue weighted by Crippen LogP contribution is -2.25. The average Bonchev–Trinajstić information content (AvgIpc) is 2.97. The molecule has 1 amide bonds. The number of benzene rings is 1. The van der Waals surface area contributed by atoms with E-state index < -0.39 is 0 Å². The normalized spacial score (nSPS) is 14.3. The van der Waals surface area contributed by atoms with Crippen LogP contribution in [-0.4, -0.2) is 18.2 Å². The van der Waals surface area contributed by atoms with E-state index in [0.717, 1.165) is 5.56 Å². The molecule has 1 aliphatic rings. The van der Waals surface area contributed by atoms with Crippen LogP contribution < -0.4 is 5.32 Å². The highest BCUT2D eigenvalue weighted by atomic mass is 16.1. The van der Waals surface area contributed by atoms with Crippen LogP contribution in [0.3, 0.4) is 0 Å². The van der Waals surface area contributed by atoms with Gasteiger partial charge >= 0.3 is 0 Å². The van der Waals surface area contributed by atoms with E-state index >= 15 is 0 Å². The molecule has 2 rings (SSSR count). The van der Waals surface area contributed by atoms with Gasteiger partial charge in [-0.3, -0.25) is 9.59 Å². The maximum atomic E-state index is 11.7. The van der Waals surface area contributed by atoms with Crippen LogP contribution in [0.1, 0.15) is 54.9 Å². The van der Waals surface area contributed by atoms with E-state index in [1.807, 2.05) is 12.1 Å². The highest BCUT2D eigenvalue weighted by molar-refractivity contribution is 5.94. The lowest BCUT2D eigenvalue weighted by atomic mass is 10.0. The van der Waals surface area contributed by atoms with Gasteiger partial charge in [-0.25, -0.2) is 0 Å². The summed E-state index contributed by atoms with van der Waals surface area (Å²) in [6, 6.07) is 7.18. The second kappa shape index (κ2) is 7.64. The van der Waals surface area contributed by atoms with Crippen LogP contribution in [0.2, 0.25) is 0 Å². The first-order valence-corrected chi connectivity index (χ1v) is 7.52. The molecule has 1 N–H and O–H groups in total. The molecule has 1 aromatic carbocycles. The monoisotopic (exact) mass is 283 g/mol. The Kier molecular flexibility index (Phi) is 5.57. The number of carbonyl (C=O) groups is 2. The highest BCUT2D eigenvalue weighted by Crippen LogP contribution is 2.27. The molecule has 1 aliphatic carbocycles. The maximum Gasteiger partial charge on any atom is 0.221 e. The number of rotatable bonds is 4. The van der Waals surface area contributed by atoms with Crippen molar-refractivity contribution in [3.8, 4) is 11.8 Å². The van der Waals surface area contributed by atoms with Crippen LogP contribution in [0.5, 0.6) is 0 Å². The molecule has 3 heteroatoms. The minimum Gasteiger partial charge on any atom is -0.345 e. The second-order valence-electron chi connectivity index (χ2n) is 5.57. The van der Waals surface area contributed by atoms with E-state index in [4.69, 9.17) is 0 Å². The fraction of sp³-hybridized carbons (Fsp3) is 0.444. The van der Waals surface area contributed by atoms with Gasteiger partial charge in [-0.05, 0) is 37.8 Å². The van der Waals surface area contributed by atoms with Gasteiger partial charge in [0.25, 0.3) is 0 Å². The van der Waals surface area contributed by atoms with E-state index in [9.17, 15) is 9.59 Å². The molecule has 1 saturated carbocycles. The van der Waals surface area contributed by atoms with Gasteiger partial charge in [0, 0.05) is 17.5 Å². The summed E-state index contributed by atoms with van der Waals surface area (Å²) in [5, 5.41) is 2.84. The Morgan fingerprint density at radius 2 is 1.86 bits per heavy atom. The van der Waals surface area contributed by atoms with E-state index in [0.29, 0.717) is 24.4 Å². The molecule has 0 radical (unpaired) electrons. The second-order valence-corrected chi connectivity index (χ2v) is 5.57. The fourth-order valence-electron chi connectivity index (χ4n) is 2.63. The molecule has 0 heterocycles. The molecule has 0 aliphatic heterocycles. The molecule has 0 aromatic heterocycles. The molecule has 0 unspecified atom stereocenters. The lowest BCUT2D eigenvalue weighted by Gasteiger charge is -2.07. The van der Waals surface area contributed by atoms with Crippen LogP contribution in [0.15, 0.2) is 24.3 Å². The Morgan fingerprint density at radius 3 is 2.48 bits per heavy atom. The van der Waals surface area contributed by atoms with E-state index in [2.05, 4.69) is 17.2 Å². The molecule has 21 heavy (non-hydrogen) atoms. The van der Waals surface area contributed by atoms with Crippen LogP contribution in [0.4, 0.5) is 0 Å². The predicted molar refractivity (Wildman–Crippen MR) is 82.9 cm³/mol. The lowest BCUT2D eigenvalue weighted by molar-refractivity contribution is -0.121. The number of ketones is 1. The average molecular weight is 283 g/mol. The summed E-state index contributed by atoms with van der Waals surface area (Å²) in [6.45, 7) is 1.92. The van der Waals surface area contributed by atoms with Crippen molar-refractivity contribution in [2.75, 3.05) is 6.54 Å². The Balaban J connectivity index is 1.75. The summed E-state index contributed by atoms with van der Waals surface area (Å²) in [6.07, 6.45) is 5.51. The first-order chi connectivity index (χ1) is 10.1. The van der Waals surface area contributed by atoms with Crippen molar-refractivity contribution in [3.05, 3.63) is 35.4 Å². The van der Waals surface area contributed by atoms with Crippen LogP contribution in [0, 0.1) is 17.8 Å². The molecule has 0 atom stereocenters. The molecule has 0 bridgehead atoms. The van der Waals surface area contributed by atoms with Gasteiger partial charge in [0.15, 0.2) is 5.78 Å². The first kappa shape index (κ1) is 15.3. The fourth-order valence-corrected chi connectivity index (χ4v) is 2.63. The molecule has 1 aromatic rings. The molecular weight excluding hydrogens is 262 g/mol. The first-order valence-electron chi connectivity index (χ1n) is 7.52. The van der Waals surface area contributed by atoms with Crippen molar-refractivity contribution in [1.29, 1.82) is 0 Å². The van der Waals surface area contributed by atoms with Gasteiger partial charge in [0.1, 0.15) is 0 Å². The van der Waals surface area contributed by atoms with Gasteiger partial charge < -0.3 is 5.32 Å². The molecule has 0 spiro atoms. The number of nitrogens with one attached hydrogen (secondary N) is 1. The van der Waals surface area contributed by atoms with E-state index in [1.54, 1.807) is 19.1 Å². The Bertz CT molecular complexity index is 557. The van der Waals surface area contributed by atoms with Crippen LogP contribution >= 0.6 is 0 Å². The van der Waals surface area contributed by atoms with E-state index in [1.165, 1.54) is 25.7 Å². The Labute approximate surface area is 126 Å². The summed E-state index contributed by atoms with van der Waals surface area (Å²) in [5.74, 6) is 6.64. The molecule has 0 saturated heterocycles.